The van der Waals surface area contributed by atoms with Gasteiger partial charge < -0.3 is 9.84 Å². The number of aliphatic hydroxyl groups is 1. The summed E-state index contributed by atoms with van der Waals surface area (Å²) in [6, 6.07) is 16.6. The highest BCUT2D eigenvalue weighted by Gasteiger charge is 2.46. The number of benzene rings is 2. The Morgan fingerprint density at radius 3 is 2.52 bits per heavy atom. The monoisotopic (exact) mass is 280 g/mol. The Balaban J connectivity index is 1.77. The van der Waals surface area contributed by atoms with Gasteiger partial charge in [0.15, 0.2) is 0 Å². The van der Waals surface area contributed by atoms with Gasteiger partial charge in [-0.2, -0.15) is 0 Å². The fraction of sp³-hybridized carbons (Fsp3) is 0.368. The average Bonchev–Trinajstić information content (AvgIpc) is 2.95. The molecule has 2 aromatic carbocycles. The van der Waals surface area contributed by atoms with Crippen molar-refractivity contribution in [3.63, 3.8) is 0 Å². The first kappa shape index (κ1) is 12.9. The largest absolute Gasteiger partial charge is 0.493 e. The van der Waals surface area contributed by atoms with Crippen LogP contribution in [0, 0.1) is 0 Å². The number of hydrogen-bond donors (Lipinski definition) is 1. The van der Waals surface area contributed by atoms with Crippen molar-refractivity contribution in [3.8, 4) is 5.75 Å². The van der Waals surface area contributed by atoms with Gasteiger partial charge in [0.2, 0.25) is 0 Å². The van der Waals surface area contributed by atoms with Crippen LogP contribution in [0.15, 0.2) is 48.5 Å². The Labute approximate surface area is 125 Å². The molecule has 0 spiro atoms. The summed E-state index contributed by atoms with van der Waals surface area (Å²) >= 11 is 0. The number of para-hydroxylation sites is 1. The highest BCUT2D eigenvalue weighted by atomic mass is 16.5. The minimum absolute atomic E-state index is 0.137. The van der Waals surface area contributed by atoms with Crippen LogP contribution >= 0.6 is 0 Å². The number of rotatable bonds is 3. The molecule has 1 N–H and O–H groups in total. The van der Waals surface area contributed by atoms with E-state index >= 15 is 0 Å². The van der Waals surface area contributed by atoms with Crippen LogP contribution in [0.4, 0.5) is 0 Å². The lowest BCUT2D eigenvalue weighted by atomic mass is 9.60. The fourth-order valence-electron chi connectivity index (χ4n) is 3.80. The van der Waals surface area contributed by atoms with E-state index in [1.54, 1.807) is 0 Å². The highest BCUT2D eigenvalue weighted by Crippen LogP contribution is 2.54. The van der Waals surface area contributed by atoms with Crippen LogP contribution in [-0.2, 0) is 11.8 Å². The van der Waals surface area contributed by atoms with E-state index in [2.05, 4.69) is 30.3 Å². The number of aliphatic hydroxyl groups excluding tert-OH is 1. The predicted molar refractivity (Wildman–Crippen MR) is 82.6 cm³/mol. The van der Waals surface area contributed by atoms with Gasteiger partial charge in [-0.25, -0.2) is 0 Å². The maximum Gasteiger partial charge on any atom is 0.128 e. The van der Waals surface area contributed by atoms with Gasteiger partial charge in [-0.15, -0.1) is 0 Å². The molecular formula is C19H20O2. The molecule has 0 amide bonds. The standard InChI is InChI=1S/C19H20O2/c20-18(16-9-4-6-14-10-13-21-17(14)16)19(11-5-12-19)15-7-2-1-3-8-15/h1-4,6-9,18,20H,5,10-13H2. The minimum atomic E-state index is -0.485. The lowest BCUT2D eigenvalue weighted by Crippen LogP contribution is -2.40. The van der Waals surface area contributed by atoms with Crippen LogP contribution < -0.4 is 4.74 Å². The quantitative estimate of drug-likeness (QED) is 0.927. The van der Waals surface area contributed by atoms with Crippen LogP contribution in [0.3, 0.4) is 0 Å². The molecule has 0 bridgehead atoms. The van der Waals surface area contributed by atoms with E-state index in [1.807, 2.05) is 18.2 Å². The second-order valence-corrected chi connectivity index (χ2v) is 6.21. The molecule has 2 heteroatoms. The molecule has 1 aliphatic carbocycles. The molecule has 2 aromatic rings. The molecule has 0 radical (unpaired) electrons. The van der Waals surface area contributed by atoms with Gasteiger partial charge in [-0.05, 0) is 24.0 Å². The van der Waals surface area contributed by atoms with Crippen LogP contribution in [0.5, 0.6) is 5.75 Å². The lowest BCUT2D eigenvalue weighted by molar-refractivity contribution is 0.0251. The third-order valence-corrected chi connectivity index (χ3v) is 5.16. The van der Waals surface area contributed by atoms with Gasteiger partial charge in [-0.1, -0.05) is 55.0 Å². The maximum absolute atomic E-state index is 11.1. The summed E-state index contributed by atoms with van der Waals surface area (Å²) < 4.78 is 5.79. The molecule has 21 heavy (non-hydrogen) atoms. The number of ether oxygens (including phenoxy) is 1. The summed E-state index contributed by atoms with van der Waals surface area (Å²) in [4.78, 5) is 0. The van der Waals surface area contributed by atoms with E-state index < -0.39 is 6.10 Å². The van der Waals surface area contributed by atoms with Gasteiger partial charge in [0.05, 0.1) is 12.7 Å². The molecule has 1 fully saturated rings. The van der Waals surface area contributed by atoms with E-state index in [0.29, 0.717) is 0 Å². The second kappa shape index (κ2) is 4.88. The van der Waals surface area contributed by atoms with Crippen molar-refractivity contribution >= 4 is 0 Å². The molecule has 1 saturated carbocycles. The summed E-state index contributed by atoms with van der Waals surface area (Å²) in [6.07, 6.45) is 3.74. The second-order valence-electron chi connectivity index (χ2n) is 6.21. The molecule has 108 valence electrons. The van der Waals surface area contributed by atoms with E-state index in [4.69, 9.17) is 4.74 Å². The number of hydrogen-bond acceptors (Lipinski definition) is 2. The van der Waals surface area contributed by atoms with Crippen LogP contribution in [-0.4, -0.2) is 11.7 Å². The Hall–Kier alpha value is -1.80. The molecule has 2 aliphatic rings. The summed E-state index contributed by atoms with van der Waals surface area (Å²) in [6.45, 7) is 0.734. The van der Waals surface area contributed by atoms with E-state index in [-0.39, 0.29) is 5.41 Å². The molecular weight excluding hydrogens is 260 g/mol. The van der Waals surface area contributed by atoms with E-state index in [1.165, 1.54) is 17.5 Å². The highest BCUT2D eigenvalue weighted by molar-refractivity contribution is 5.47. The molecule has 1 atom stereocenters. The topological polar surface area (TPSA) is 29.5 Å². The maximum atomic E-state index is 11.1. The zero-order chi connectivity index (χ0) is 14.3. The third-order valence-electron chi connectivity index (χ3n) is 5.16. The molecule has 1 aliphatic heterocycles. The predicted octanol–water partition coefficient (Wildman–Crippen LogP) is 3.78. The Kier molecular flexibility index (Phi) is 3.00. The fourth-order valence-corrected chi connectivity index (χ4v) is 3.80. The molecule has 1 heterocycles. The first-order chi connectivity index (χ1) is 10.3. The van der Waals surface area contributed by atoms with E-state index in [0.717, 1.165) is 37.2 Å². The normalized spacial score (nSPS) is 20.2. The Morgan fingerprint density at radius 1 is 1.00 bits per heavy atom. The molecule has 4 rings (SSSR count). The van der Waals surface area contributed by atoms with Crippen molar-refractivity contribution in [2.75, 3.05) is 6.61 Å². The summed E-state index contributed by atoms with van der Waals surface area (Å²) in [7, 11) is 0. The Morgan fingerprint density at radius 2 is 1.81 bits per heavy atom. The van der Waals surface area contributed by atoms with Crippen molar-refractivity contribution in [1.82, 2.24) is 0 Å². The van der Waals surface area contributed by atoms with Crippen molar-refractivity contribution in [1.29, 1.82) is 0 Å². The summed E-state index contributed by atoms with van der Waals surface area (Å²) in [5.41, 5.74) is 3.31. The van der Waals surface area contributed by atoms with Gasteiger partial charge >= 0.3 is 0 Å². The number of fused-ring (bicyclic) bond motifs is 1. The van der Waals surface area contributed by atoms with Crippen molar-refractivity contribution in [3.05, 3.63) is 65.2 Å². The van der Waals surface area contributed by atoms with Crippen LogP contribution in [0.25, 0.3) is 0 Å². The first-order valence-corrected chi connectivity index (χ1v) is 7.79. The van der Waals surface area contributed by atoms with Crippen molar-refractivity contribution in [2.24, 2.45) is 0 Å². The average molecular weight is 280 g/mol. The summed E-state index contributed by atoms with van der Waals surface area (Å²) in [5, 5.41) is 11.1. The van der Waals surface area contributed by atoms with Crippen molar-refractivity contribution in [2.45, 2.75) is 37.2 Å². The third kappa shape index (κ3) is 1.90. The zero-order valence-corrected chi connectivity index (χ0v) is 12.1. The van der Waals surface area contributed by atoms with Crippen molar-refractivity contribution < 1.29 is 9.84 Å². The van der Waals surface area contributed by atoms with Gasteiger partial charge in [-0.3, -0.25) is 0 Å². The lowest BCUT2D eigenvalue weighted by Gasteiger charge is -2.46. The summed E-state index contributed by atoms with van der Waals surface area (Å²) in [5.74, 6) is 0.923. The van der Waals surface area contributed by atoms with Gasteiger partial charge in [0, 0.05) is 17.4 Å². The van der Waals surface area contributed by atoms with Gasteiger partial charge in [0.25, 0.3) is 0 Å². The van der Waals surface area contributed by atoms with Crippen LogP contribution in [0.1, 0.15) is 42.1 Å². The smallest absolute Gasteiger partial charge is 0.128 e. The van der Waals surface area contributed by atoms with E-state index in [9.17, 15) is 5.11 Å². The minimum Gasteiger partial charge on any atom is -0.493 e. The molecule has 1 unspecified atom stereocenters. The zero-order valence-electron chi connectivity index (χ0n) is 12.1. The Bertz CT molecular complexity index is 644. The first-order valence-electron chi connectivity index (χ1n) is 7.79. The molecule has 0 aromatic heterocycles. The SMILES string of the molecule is OC(c1cccc2c1OCC2)C1(c2ccccc2)CCC1. The molecule has 0 saturated heterocycles. The molecule has 2 nitrogen and oxygen atoms in total. The van der Waals surface area contributed by atoms with Gasteiger partial charge in [0.1, 0.15) is 5.75 Å². The van der Waals surface area contributed by atoms with Crippen LogP contribution in [0.2, 0.25) is 0 Å².